The molecule has 156 valence electrons. The quantitative estimate of drug-likeness (QED) is 0.785. The van der Waals surface area contributed by atoms with Crippen molar-refractivity contribution in [1.82, 2.24) is 19.4 Å². The lowest BCUT2D eigenvalue weighted by Gasteiger charge is -2.26. The van der Waals surface area contributed by atoms with Gasteiger partial charge in [-0.3, -0.25) is 9.48 Å². The summed E-state index contributed by atoms with van der Waals surface area (Å²) < 4.78 is 29.6. The number of carbonyl (C=O) groups is 1. The van der Waals surface area contributed by atoms with Gasteiger partial charge in [0.2, 0.25) is 10.0 Å². The van der Waals surface area contributed by atoms with E-state index in [4.69, 9.17) is 0 Å². The molecule has 0 spiro atoms. The van der Waals surface area contributed by atoms with Gasteiger partial charge < -0.3 is 5.32 Å². The van der Waals surface area contributed by atoms with Crippen LogP contribution in [-0.2, 0) is 16.6 Å². The molecule has 1 saturated heterocycles. The Hall–Kier alpha value is -2.19. The third kappa shape index (κ3) is 4.23. The largest absolute Gasteiger partial charge is 0.349 e. The Morgan fingerprint density at radius 2 is 1.76 bits per heavy atom. The summed E-state index contributed by atoms with van der Waals surface area (Å²) in [5, 5.41) is 7.48. The maximum absolute atomic E-state index is 13.1. The van der Waals surface area contributed by atoms with Crippen molar-refractivity contribution in [1.29, 1.82) is 0 Å². The van der Waals surface area contributed by atoms with Crippen molar-refractivity contribution in [3.8, 4) is 0 Å². The Morgan fingerprint density at radius 3 is 2.38 bits per heavy atom. The van der Waals surface area contributed by atoms with Crippen LogP contribution in [0.25, 0.3) is 0 Å². The standard InChI is InChI=1S/C21H28N4O3S/c1-15-20(29(27,28)24-12-4-3-5-13-24)16(2)25(23-15)14-17-6-8-18(9-7-17)21(26)22-19-10-11-19/h6-9,19H,3-5,10-14H2,1-2H3,(H,22,26). The summed E-state index contributed by atoms with van der Waals surface area (Å²) >= 11 is 0. The lowest BCUT2D eigenvalue weighted by atomic mass is 10.1. The van der Waals surface area contributed by atoms with E-state index in [1.54, 1.807) is 15.9 Å². The molecule has 1 N–H and O–H groups in total. The fourth-order valence-corrected chi connectivity index (χ4v) is 5.76. The van der Waals surface area contributed by atoms with Gasteiger partial charge in [0, 0.05) is 24.7 Å². The van der Waals surface area contributed by atoms with Crippen LogP contribution in [0.3, 0.4) is 0 Å². The number of benzene rings is 1. The van der Waals surface area contributed by atoms with Crippen LogP contribution in [-0.4, -0.2) is 47.5 Å². The lowest BCUT2D eigenvalue weighted by Crippen LogP contribution is -2.36. The molecule has 8 heteroatoms. The van der Waals surface area contributed by atoms with E-state index in [0.717, 1.165) is 37.7 Å². The van der Waals surface area contributed by atoms with Crippen molar-refractivity contribution < 1.29 is 13.2 Å². The summed E-state index contributed by atoms with van der Waals surface area (Å²) in [5.41, 5.74) is 2.81. The number of nitrogens with zero attached hydrogens (tertiary/aromatic N) is 3. The van der Waals surface area contributed by atoms with E-state index >= 15 is 0 Å². The molecule has 29 heavy (non-hydrogen) atoms. The average Bonchev–Trinajstić information content (AvgIpc) is 3.47. The minimum atomic E-state index is -3.52. The maximum Gasteiger partial charge on any atom is 0.251 e. The smallest absolute Gasteiger partial charge is 0.251 e. The normalized spacial score (nSPS) is 18.0. The van der Waals surface area contributed by atoms with E-state index in [9.17, 15) is 13.2 Å². The van der Waals surface area contributed by atoms with E-state index in [2.05, 4.69) is 10.4 Å². The van der Waals surface area contributed by atoms with Gasteiger partial charge in [0.05, 0.1) is 17.9 Å². The third-order valence-electron chi connectivity index (χ3n) is 5.69. The average molecular weight is 417 g/mol. The van der Waals surface area contributed by atoms with Crippen molar-refractivity contribution in [2.75, 3.05) is 13.1 Å². The summed E-state index contributed by atoms with van der Waals surface area (Å²) in [6, 6.07) is 7.75. The summed E-state index contributed by atoms with van der Waals surface area (Å²) in [4.78, 5) is 12.5. The van der Waals surface area contributed by atoms with Crippen molar-refractivity contribution in [2.24, 2.45) is 0 Å². The van der Waals surface area contributed by atoms with Gasteiger partial charge in [0.25, 0.3) is 5.91 Å². The second-order valence-electron chi connectivity index (χ2n) is 8.07. The molecule has 1 saturated carbocycles. The second kappa shape index (κ2) is 7.91. The van der Waals surface area contributed by atoms with Gasteiger partial charge in [-0.05, 0) is 57.2 Å². The van der Waals surface area contributed by atoms with Crippen LogP contribution in [0.15, 0.2) is 29.2 Å². The Labute approximate surface area is 172 Å². The Balaban J connectivity index is 1.52. The van der Waals surface area contributed by atoms with Crippen molar-refractivity contribution >= 4 is 15.9 Å². The first kappa shape index (κ1) is 20.1. The minimum Gasteiger partial charge on any atom is -0.349 e. The second-order valence-corrected chi connectivity index (χ2v) is 9.94. The predicted molar refractivity (Wildman–Crippen MR) is 110 cm³/mol. The number of amides is 1. The number of aryl methyl sites for hydroxylation is 1. The number of hydrogen-bond donors (Lipinski definition) is 1. The molecule has 1 aromatic heterocycles. The molecule has 2 heterocycles. The summed E-state index contributed by atoms with van der Waals surface area (Å²) in [7, 11) is -3.52. The van der Waals surface area contributed by atoms with Crippen molar-refractivity contribution in [2.45, 2.75) is 63.4 Å². The number of rotatable bonds is 6. The van der Waals surface area contributed by atoms with Crippen molar-refractivity contribution in [3.05, 3.63) is 46.8 Å². The molecule has 2 fully saturated rings. The number of nitrogens with one attached hydrogen (secondary N) is 1. The van der Waals surface area contributed by atoms with Gasteiger partial charge in [0.15, 0.2) is 0 Å². The molecule has 7 nitrogen and oxygen atoms in total. The monoisotopic (exact) mass is 416 g/mol. The van der Waals surface area contributed by atoms with Gasteiger partial charge in [-0.15, -0.1) is 0 Å². The van der Waals surface area contributed by atoms with Gasteiger partial charge in [-0.1, -0.05) is 18.6 Å². The van der Waals surface area contributed by atoms with E-state index in [1.165, 1.54) is 0 Å². The highest BCUT2D eigenvalue weighted by Crippen LogP contribution is 2.26. The first-order valence-corrected chi connectivity index (χ1v) is 11.7. The van der Waals surface area contributed by atoms with Crippen LogP contribution in [0.1, 0.15) is 59.4 Å². The predicted octanol–water partition coefficient (Wildman–Crippen LogP) is 2.62. The van der Waals surface area contributed by atoms with Crippen LogP contribution in [0, 0.1) is 13.8 Å². The van der Waals surface area contributed by atoms with Crippen LogP contribution in [0.2, 0.25) is 0 Å². The topological polar surface area (TPSA) is 84.3 Å². The molecule has 1 aromatic carbocycles. The molecule has 1 amide bonds. The third-order valence-corrected chi connectivity index (χ3v) is 7.84. The first-order valence-electron chi connectivity index (χ1n) is 10.3. The maximum atomic E-state index is 13.1. The first-order chi connectivity index (χ1) is 13.9. The molecular formula is C21H28N4O3S. The number of sulfonamides is 1. The number of hydrogen-bond acceptors (Lipinski definition) is 4. The number of piperidine rings is 1. The molecule has 0 bridgehead atoms. The molecule has 1 aliphatic heterocycles. The van der Waals surface area contributed by atoms with E-state index < -0.39 is 10.0 Å². The number of carbonyl (C=O) groups excluding carboxylic acids is 1. The minimum absolute atomic E-state index is 0.0416. The van der Waals surface area contributed by atoms with Crippen LogP contribution in [0.4, 0.5) is 0 Å². The Bertz CT molecular complexity index is 1000. The summed E-state index contributed by atoms with van der Waals surface area (Å²) in [5.74, 6) is -0.0416. The lowest BCUT2D eigenvalue weighted by molar-refractivity contribution is 0.0951. The highest BCUT2D eigenvalue weighted by molar-refractivity contribution is 7.89. The van der Waals surface area contributed by atoms with Gasteiger partial charge in [-0.25, -0.2) is 8.42 Å². The zero-order chi connectivity index (χ0) is 20.6. The summed E-state index contributed by atoms with van der Waals surface area (Å²) in [6.07, 6.45) is 5.02. The molecule has 2 aliphatic rings. The van der Waals surface area contributed by atoms with Crippen LogP contribution >= 0.6 is 0 Å². The Morgan fingerprint density at radius 1 is 1.10 bits per heavy atom. The Kier molecular flexibility index (Phi) is 5.48. The van der Waals surface area contributed by atoms with Crippen molar-refractivity contribution in [3.63, 3.8) is 0 Å². The SMILES string of the molecule is Cc1nn(Cc2ccc(C(=O)NC3CC3)cc2)c(C)c1S(=O)(=O)N1CCCCC1. The highest BCUT2D eigenvalue weighted by Gasteiger charge is 2.31. The van der Waals surface area contributed by atoms with Gasteiger partial charge >= 0.3 is 0 Å². The fourth-order valence-electron chi connectivity index (χ4n) is 3.87. The molecule has 4 rings (SSSR count). The molecular weight excluding hydrogens is 388 g/mol. The van der Waals surface area contributed by atoms with E-state index in [1.807, 2.05) is 31.2 Å². The van der Waals surface area contributed by atoms with Gasteiger partial charge in [-0.2, -0.15) is 9.40 Å². The highest BCUT2D eigenvalue weighted by atomic mass is 32.2. The molecule has 2 aromatic rings. The van der Waals surface area contributed by atoms with Crippen LogP contribution in [0.5, 0.6) is 0 Å². The number of aromatic nitrogens is 2. The van der Waals surface area contributed by atoms with Gasteiger partial charge in [0.1, 0.15) is 4.90 Å². The van der Waals surface area contributed by atoms with E-state index in [0.29, 0.717) is 47.5 Å². The molecule has 1 aliphatic carbocycles. The molecule has 0 atom stereocenters. The molecule has 0 unspecified atom stereocenters. The molecule has 0 radical (unpaired) electrons. The zero-order valence-electron chi connectivity index (χ0n) is 17.0. The van der Waals surface area contributed by atoms with Crippen LogP contribution < -0.4 is 5.32 Å². The summed E-state index contributed by atoms with van der Waals surface area (Å²) in [6.45, 7) is 5.19. The zero-order valence-corrected chi connectivity index (χ0v) is 17.8. The van der Waals surface area contributed by atoms with E-state index in [-0.39, 0.29) is 5.91 Å². The fraction of sp³-hybridized carbons (Fsp3) is 0.524.